The van der Waals surface area contributed by atoms with Crippen molar-refractivity contribution in [2.24, 2.45) is 5.73 Å². The number of hydrogen-bond donors (Lipinski definition) is 2. The summed E-state index contributed by atoms with van der Waals surface area (Å²) in [5.41, 5.74) is 6.24. The van der Waals surface area contributed by atoms with Gasteiger partial charge in [-0.25, -0.2) is 14.5 Å². The number of nitrogens with two attached hydrogens (primary N) is 1. The van der Waals surface area contributed by atoms with Gasteiger partial charge in [-0.15, -0.1) is 0 Å². The first kappa shape index (κ1) is 13.4. The SMILES string of the molecule is NC(=O)N1CCC(Nc2cccnc2-n2cccn2)CC1. The molecular weight excluding hydrogens is 268 g/mol. The molecule has 0 unspecified atom stereocenters. The second kappa shape index (κ2) is 5.82. The van der Waals surface area contributed by atoms with Gasteiger partial charge in [0.05, 0.1) is 5.69 Å². The normalized spacial score (nSPS) is 15.9. The molecule has 0 aliphatic carbocycles. The third-order valence-electron chi connectivity index (χ3n) is 3.67. The molecule has 7 nitrogen and oxygen atoms in total. The Hall–Kier alpha value is -2.57. The third-order valence-corrected chi connectivity index (χ3v) is 3.67. The standard InChI is InChI=1S/C14H18N6O/c15-14(21)19-9-4-11(5-10-19)18-12-3-1-6-16-13(12)20-8-2-7-17-20/h1-3,6-8,11,18H,4-5,9-10H2,(H2,15,21). The summed E-state index contributed by atoms with van der Waals surface area (Å²) in [5, 5.41) is 7.72. The fourth-order valence-corrected chi connectivity index (χ4v) is 2.55. The van der Waals surface area contributed by atoms with Gasteiger partial charge in [-0.05, 0) is 31.0 Å². The number of carbonyl (C=O) groups excluding carboxylic acids is 1. The van der Waals surface area contributed by atoms with Gasteiger partial charge in [0.1, 0.15) is 0 Å². The van der Waals surface area contributed by atoms with Gasteiger partial charge >= 0.3 is 6.03 Å². The van der Waals surface area contributed by atoms with Crippen LogP contribution in [0.3, 0.4) is 0 Å². The van der Waals surface area contributed by atoms with Crippen LogP contribution in [0.5, 0.6) is 0 Å². The number of carbonyl (C=O) groups is 1. The van der Waals surface area contributed by atoms with Crippen molar-refractivity contribution in [1.82, 2.24) is 19.7 Å². The molecular formula is C14H18N6O. The Labute approximate surface area is 122 Å². The zero-order valence-electron chi connectivity index (χ0n) is 11.6. The van der Waals surface area contributed by atoms with Crippen molar-refractivity contribution < 1.29 is 4.79 Å². The molecule has 3 N–H and O–H groups in total. The molecule has 2 aromatic rings. The topological polar surface area (TPSA) is 89.1 Å². The van der Waals surface area contributed by atoms with Crippen molar-refractivity contribution in [3.8, 4) is 5.82 Å². The van der Waals surface area contributed by atoms with Gasteiger partial charge in [-0.3, -0.25) is 0 Å². The van der Waals surface area contributed by atoms with Crippen LogP contribution in [0.4, 0.5) is 10.5 Å². The summed E-state index contributed by atoms with van der Waals surface area (Å²) in [4.78, 5) is 17.2. The number of amides is 2. The smallest absolute Gasteiger partial charge is 0.314 e. The maximum absolute atomic E-state index is 11.1. The number of primary amides is 1. The molecule has 1 saturated heterocycles. The van der Waals surface area contributed by atoms with Crippen molar-refractivity contribution >= 4 is 11.7 Å². The minimum absolute atomic E-state index is 0.305. The molecule has 7 heteroatoms. The highest BCUT2D eigenvalue weighted by Crippen LogP contribution is 2.21. The number of nitrogens with one attached hydrogen (secondary N) is 1. The fraction of sp³-hybridized carbons (Fsp3) is 0.357. The van der Waals surface area contributed by atoms with Gasteiger partial charge in [0.25, 0.3) is 0 Å². The molecule has 2 aromatic heterocycles. The van der Waals surface area contributed by atoms with Crippen LogP contribution < -0.4 is 11.1 Å². The van der Waals surface area contributed by atoms with Gasteiger partial charge in [-0.2, -0.15) is 5.10 Å². The number of anilines is 1. The van der Waals surface area contributed by atoms with Gasteiger partial charge in [0, 0.05) is 37.7 Å². The number of urea groups is 1. The Kier molecular flexibility index (Phi) is 3.72. The van der Waals surface area contributed by atoms with Crippen molar-refractivity contribution in [1.29, 1.82) is 0 Å². The van der Waals surface area contributed by atoms with Crippen molar-refractivity contribution in [2.45, 2.75) is 18.9 Å². The highest BCUT2D eigenvalue weighted by molar-refractivity contribution is 5.72. The van der Waals surface area contributed by atoms with Gasteiger partial charge in [-0.1, -0.05) is 0 Å². The molecule has 0 radical (unpaired) electrons. The monoisotopic (exact) mass is 286 g/mol. The molecule has 3 rings (SSSR count). The van der Waals surface area contributed by atoms with E-state index < -0.39 is 0 Å². The summed E-state index contributed by atoms with van der Waals surface area (Å²) >= 11 is 0. The minimum atomic E-state index is -0.341. The second-order valence-electron chi connectivity index (χ2n) is 5.07. The van der Waals surface area contributed by atoms with E-state index in [2.05, 4.69) is 15.4 Å². The number of pyridine rings is 1. The molecule has 1 fully saturated rings. The summed E-state index contributed by atoms with van der Waals surface area (Å²) in [6, 6.07) is 5.72. The van der Waals surface area contributed by atoms with Crippen molar-refractivity contribution in [3.63, 3.8) is 0 Å². The Morgan fingerprint density at radius 2 is 2.10 bits per heavy atom. The van der Waals surface area contributed by atoms with Crippen LogP contribution >= 0.6 is 0 Å². The molecule has 0 saturated carbocycles. The Balaban J connectivity index is 1.70. The number of likely N-dealkylation sites (tertiary alicyclic amines) is 1. The molecule has 21 heavy (non-hydrogen) atoms. The molecule has 0 bridgehead atoms. The third kappa shape index (κ3) is 2.96. The number of hydrogen-bond acceptors (Lipinski definition) is 4. The van der Waals surface area contributed by atoms with E-state index in [1.807, 2.05) is 24.4 Å². The van der Waals surface area contributed by atoms with E-state index in [9.17, 15) is 4.79 Å². The fourth-order valence-electron chi connectivity index (χ4n) is 2.55. The molecule has 0 aromatic carbocycles. The average Bonchev–Trinajstić information content (AvgIpc) is 3.02. The van der Waals surface area contributed by atoms with E-state index >= 15 is 0 Å². The van der Waals surface area contributed by atoms with Crippen LogP contribution in [-0.4, -0.2) is 44.8 Å². The zero-order chi connectivity index (χ0) is 14.7. The maximum Gasteiger partial charge on any atom is 0.314 e. The number of nitrogens with zero attached hydrogens (tertiary/aromatic N) is 4. The molecule has 110 valence electrons. The maximum atomic E-state index is 11.1. The number of piperidine rings is 1. The van der Waals surface area contributed by atoms with Gasteiger partial charge in [0.2, 0.25) is 0 Å². The summed E-state index contributed by atoms with van der Waals surface area (Å²) in [5.74, 6) is 0.778. The van der Waals surface area contributed by atoms with E-state index in [-0.39, 0.29) is 6.03 Å². The summed E-state index contributed by atoms with van der Waals surface area (Å²) < 4.78 is 1.74. The Morgan fingerprint density at radius 1 is 1.29 bits per heavy atom. The van der Waals surface area contributed by atoms with Crippen LogP contribution in [0.1, 0.15) is 12.8 Å². The van der Waals surface area contributed by atoms with Crippen LogP contribution in [-0.2, 0) is 0 Å². The van der Waals surface area contributed by atoms with Gasteiger partial charge < -0.3 is 16.0 Å². The lowest BCUT2D eigenvalue weighted by molar-refractivity contribution is 0.193. The van der Waals surface area contributed by atoms with E-state index in [1.165, 1.54) is 0 Å². The summed E-state index contributed by atoms with van der Waals surface area (Å²) in [6.45, 7) is 1.37. The summed E-state index contributed by atoms with van der Waals surface area (Å²) in [6.07, 6.45) is 7.08. The zero-order valence-corrected chi connectivity index (χ0v) is 11.6. The van der Waals surface area contributed by atoms with E-state index in [0.29, 0.717) is 19.1 Å². The lowest BCUT2D eigenvalue weighted by atomic mass is 10.1. The van der Waals surface area contributed by atoms with Crippen LogP contribution in [0.15, 0.2) is 36.8 Å². The quantitative estimate of drug-likeness (QED) is 0.888. The van der Waals surface area contributed by atoms with E-state index in [4.69, 9.17) is 5.73 Å². The van der Waals surface area contributed by atoms with Gasteiger partial charge in [0.15, 0.2) is 5.82 Å². The summed E-state index contributed by atoms with van der Waals surface area (Å²) in [7, 11) is 0. The minimum Gasteiger partial charge on any atom is -0.379 e. The molecule has 1 aliphatic rings. The molecule has 3 heterocycles. The molecule has 2 amide bonds. The van der Waals surface area contributed by atoms with E-state index in [0.717, 1.165) is 24.3 Å². The molecule has 0 spiro atoms. The predicted octanol–water partition coefficient (Wildman–Crippen LogP) is 1.22. The molecule has 1 aliphatic heterocycles. The van der Waals surface area contributed by atoms with Crippen LogP contribution in [0, 0.1) is 0 Å². The average molecular weight is 286 g/mol. The Morgan fingerprint density at radius 3 is 2.76 bits per heavy atom. The lowest BCUT2D eigenvalue weighted by Crippen LogP contribution is -2.44. The predicted molar refractivity (Wildman–Crippen MR) is 79.2 cm³/mol. The first-order valence-electron chi connectivity index (χ1n) is 7.00. The highest BCUT2D eigenvalue weighted by atomic mass is 16.2. The first-order valence-corrected chi connectivity index (χ1v) is 7.00. The largest absolute Gasteiger partial charge is 0.379 e. The molecule has 0 atom stereocenters. The van der Waals surface area contributed by atoms with E-state index in [1.54, 1.807) is 22.0 Å². The number of aromatic nitrogens is 3. The highest BCUT2D eigenvalue weighted by Gasteiger charge is 2.21. The van der Waals surface area contributed by atoms with Crippen molar-refractivity contribution in [2.75, 3.05) is 18.4 Å². The first-order chi connectivity index (χ1) is 10.2. The number of rotatable bonds is 3. The second-order valence-corrected chi connectivity index (χ2v) is 5.07. The van der Waals surface area contributed by atoms with Crippen LogP contribution in [0.25, 0.3) is 5.82 Å². The lowest BCUT2D eigenvalue weighted by Gasteiger charge is -2.32. The van der Waals surface area contributed by atoms with Crippen molar-refractivity contribution in [3.05, 3.63) is 36.8 Å². The van der Waals surface area contributed by atoms with Crippen LogP contribution in [0.2, 0.25) is 0 Å². The Bertz CT molecular complexity index is 604.